The maximum Gasteiger partial charge on any atom is 0.242 e. The first-order valence-electron chi connectivity index (χ1n) is 6.43. The molecule has 0 aliphatic heterocycles. The molecular formula is C14H22N2OS. The summed E-state index contributed by atoms with van der Waals surface area (Å²) in [5.41, 5.74) is 7.68. The van der Waals surface area contributed by atoms with Crippen molar-refractivity contribution in [1.29, 1.82) is 0 Å². The molecule has 0 bridgehead atoms. The van der Waals surface area contributed by atoms with Gasteiger partial charge in [0.1, 0.15) is 0 Å². The van der Waals surface area contributed by atoms with Crippen LogP contribution in [0.15, 0.2) is 24.3 Å². The van der Waals surface area contributed by atoms with Gasteiger partial charge in [-0.2, -0.15) is 12.6 Å². The molecule has 100 valence electrons. The average Bonchev–Trinajstić information content (AvgIpc) is 2.40. The highest BCUT2D eigenvalue weighted by Gasteiger charge is 2.10. The van der Waals surface area contributed by atoms with Crippen molar-refractivity contribution in [3.05, 3.63) is 29.8 Å². The van der Waals surface area contributed by atoms with Gasteiger partial charge in [-0.1, -0.05) is 31.9 Å². The van der Waals surface area contributed by atoms with E-state index in [4.69, 9.17) is 5.73 Å². The number of thiol groups is 1. The second kappa shape index (κ2) is 8.16. The van der Waals surface area contributed by atoms with E-state index in [9.17, 15) is 4.79 Å². The van der Waals surface area contributed by atoms with Crippen LogP contribution in [-0.4, -0.2) is 17.7 Å². The van der Waals surface area contributed by atoms with Crippen LogP contribution in [0.5, 0.6) is 0 Å². The number of carbonyl (C=O) groups excluding carboxylic acids is 1. The Kier molecular flexibility index (Phi) is 6.83. The minimum Gasteiger partial charge on any atom is -0.325 e. The zero-order valence-corrected chi connectivity index (χ0v) is 11.7. The van der Waals surface area contributed by atoms with E-state index < -0.39 is 6.04 Å². The zero-order chi connectivity index (χ0) is 13.4. The van der Waals surface area contributed by atoms with Crippen LogP contribution in [0, 0.1) is 0 Å². The Labute approximate surface area is 115 Å². The number of aryl methyl sites for hydroxylation is 1. The van der Waals surface area contributed by atoms with E-state index in [2.05, 4.69) is 37.0 Å². The third kappa shape index (κ3) is 5.10. The third-order valence-electron chi connectivity index (χ3n) is 2.82. The van der Waals surface area contributed by atoms with Crippen molar-refractivity contribution < 1.29 is 4.79 Å². The number of benzene rings is 1. The van der Waals surface area contributed by atoms with E-state index in [1.54, 1.807) is 0 Å². The topological polar surface area (TPSA) is 55.1 Å². The number of anilines is 1. The van der Waals surface area contributed by atoms with Gasteiger partial charge in [-0.05, 0) is 30.5 Å². The minimum absolute atomic E-state index is 0.191. The van der Waals surface area contributed by atoms with E-state index in [-0.39, 0.29) is 5.91 Å². The van der Waals surface area contributed by atoms with Gasteiger partial charge in [0, 0.05) is 11.4 Å². The molecule has 1 atom stereocenters. The van der Waals surface area contributed by atoms with Crippen molar-refractivity contribution in [2.45, 2.75) is 38.6 Å². The summed E-state index contributed by atoms with van der Waals surface area (Å²) < 4.78 is 0. The molecule has 4 heteroatoms. The summed E-state index contributed by atoms with van der Waals surface area (Å²) in [4.78, 5) is 11.6. The Morgan fingerprint density at radius 2 is 2.00 bits per heavy atom. The summed E-state index contributed by atoms with van der Waals surface area (Å²) in [6.45, 7) is 2.20. The fourth-order valence-electron chi connectivity index (χ4n) is 1.65. The molecule has 0 fully saturated rings. The zero-order valence-electron chi connectivity index (χ0n) is 10.9. The summed E-state index contributed by atoms with van der Waals surface area (Å²) in [7, 11) is 0. The number of unbranched alkanes of at least 4 members (excludes halogenated alkanes) is 2. The van der Waals surface area contributed by atoms with Gasteiger partial charge in [0.05, 0.1) is 6.04 Å². The summed E-state index contributed by atoms with van der Waals surface area (Å²) in [5.74, 6) is 0.157. The fraction of sp³-hybridized carbons (Fsp3) is 0.500. The highest BCUT2D eigenvalue weighted by Crippen LogP contribution is 2.12. The second-order valence-corrected chi connectivity index (χ2v) is 4.80. The highest BCUT2D eigenvalue weighted by molar-refractivity contribution is 7.80. The number of hydrogen-bond donors (Lipinski definition) is 3. The van der Waals surface area contributed by atoms with Crippen LogP contribution in [0.25, 0.3) is 0 Å². The molecule has 1 aromatic rings. The Bertz CT molecular complexity index is 365. The van der Waals surface area contributed by atoms with Gasteiger partial charge in [-0.15, -0.1) is 0 Å². The van der Waals surface area contributed by atoms with E-state index in [1.165, 1.54) is 24.8 Å². The van der Waals surface area contributed by atoms with E-state index >= 15 is 0 Å². The molecule has 0 saturated heterocycles. The first-order chi connectivity index (χ1) is 8.67. The van der Waals surface area contributed by atoms with Crippen molar-refractivity contribution >= 4 is 24.2 Å². The Morgan fingerprint density at radius 3 is 2.56 bits per heavy atom. The van der Waals surface area contributed by atoms with Gasteiger partial charge < -0.3 is 11.1 Å². The molecule has 1 rings (SSSR count). The van der Waals surface area contributed by atoms with Gasteiger partial charge in [-0.3, -0.25) is 4.79 Å². The number of nitrogens with two attached hydrogens (primary N) is 1. The lowest BCUT2D eigenvalue weighted by Gasteiger charge is -2.10. The molecule has 1 aromatic carbocycles. The molecule has 0 aliphatic carbocycles. The Hall–Kier alpha value is -1.00. The average molecular weight is 266 g/mol. The lowest BCUT2D eigenvalue weighted by Crippen LogP contribution is -2.37. The van der Waals surface area contributed by atoms with Crippen LogP contribution in [0.1, 0.15) is 31.7 Å². The first kappa shape index (κ1) is 15.1. The normalized spacial score (nSPS) is 12.2. The molecule has 0 unspecified atom stereocenters. The number of rotatable bonds is 7. The molecule has 1 amide bonds. The van der Waals surface area contributed by atoms with Crippen molar-refractivity contribution in [2.75, 3.05) is 11.1 Å². The van der Waals surface area contributed by atoms with Crippen LogP contribution in [-0.2, 0) is 11.2 Å². The highest BCUT2D eigenvalue weighted by atomic mass is 32.1. The predicted octanol–water partition coefficient (Wildman–Crippen LogP) is 2.61. The molecule has 0 aromatic heterocycles. The summed E-state index contributed by atoms with van der Waals surface area (Å²) >= 11 is 4.00. The van der Waals surface area contributed by atoms with E-state index in [0.717, 1.165) is 12.1 Å². The minimum atomic E-state index is -0.558. The number of amides is 1. The van der Waals surface area contributed by atoms with Crippen molar-refractivity contribution in [2.24, 2.45) is 5.73 Å². The van der Waals surface area contributed by atoms with Crippen LogP contribution < -0.4 is 11.1 Å². The lowest BCUT2D eigenvalue weighted by atomic mass is 10.1. The first-order valence-corrected chi connectivity index (χ1v) is 7.07. The Morgan fingerprint density at radius 1 is 1.33 bits per heavy atom. The van der Waals surface area contributed by atoms with Crippen LogP contribution in [0.4, 0.5) is 5.69 Å². The molecule has 0 aliphatic rings. The van der Waals surface area contributed by atoms with Gasteiger partial charge in [0.2, 0.25) is 5.91 Å². The molecule has 0 heterocycles. The van der Waals surface area contributed by atoms with Gasteiger partial charge in [0.25, 0.3) is 0 Å². The van der Waals surface area contributed by atoms with Crippen LogP contribution >= 0.6 is 12.6 Å². The monoisotopic (exact) mass is 266 g/mol. The summed E-state index contributed by atoms with van der Waals surface area (Å²) in [6, 6.07) is 7.39. The number of nitrogens with one attached hydrogen (secondary N) is 1. The molecule has 18 heavy (non-hydrogen) atoms. The SMILES string of the molecule is CCCCCc1ccc(NC(=O)[C@H](N)CS)cc1. The fourth-order valence-corrected chi connectivity index (χ4v) is 1.82. The lowest BCUT2D eigenvalue weighted by molar-refractivity contribution is -0.116. The maximum atomic E-state index is 11.6. The van der Waals surface area contributed by atoms with Gasteiger partial charge >= 0.3 is 0 Å². The smallest absolute Gasteiger partial charge is 0.242 e. The molecule has 0 spiro atoms. The quantitative estimate of drug-likeness (QED) is 0.525. The van der Waals surface area contributed by atoms with Crippen molar-refractivity contribution in [1.82, 2.24) is 0 Å². The molecule has 0 radical (unpaired) electrons. The standard InChI is InChI=1S/C14H22N2OS/c1-2-3-4-5-11-6-8-12(9-7-11)16-14(17)13(15)10-18/h6-9,13,18H,2-5,10,15H2,1H3,(H,16,17)/t13-/m1/s1. The summed E-state index contributed by atoms with van der Waals surface area (Å²) in [5, 5.41) is 2.77. The van der Waals surface area contributed by atoms with Crippen LogP contribution in [0.3, 0.4) is 0 Å². The molecule has 0 saturated carbocycles. The maximum absolute atomic E-state index is 11.6. The Balaban J connectivity index is 2.47. The number of carbonyl (C=O) groups is 1. The van der Waals surface area contributed by atoms with Gasteiger partial charge in [-0.25, -0.2) is 0 Å². The second-order valence-electron chi connectivity index (χ2n) is 4.43. The largest absolute Gasteiger partial charge is 0.325 e. The van der Waals surface area contributed by atoms with Crippen molar-refractivity contribution in [3.63, 3.8) is 0 Å². The van der Waals surface area contributed by atoms with E-state index in [0.29, 0.717) is 5.75 Å². The van der Waals surface area contributed by atoms with Gasteiger partial charge in [0.15, 0.2) is 0 Å². The summed E-state index contributed by atoms with van der Waals surface area (Å²) in [6.07, 6.45) is 4.80. The third-order valence-corrected chi connectivity index (χ3v) is 3.22. The molecular weight excluding hydrogens is 244 g/mol. The number of hydrogen-bond acceptors (Lipinski definition) is 3. The predicted molar refractivity (Wildman–Crippen MR) is 80.1 cm³/mol. The van der Waals surface area contributed by atoms with Crippen molar-refractivity contribution in [3.8, 4) is 0 Å². The van der Waals surface area contributed by atoms with E-state index in [1.807, 2.05) is 12.1 Å². The van der Waals surface area contributed by atoms with Crippen LogP contribution in [0.2, 0.25) is 0 Å². The molecule has 3 N–H and O–H groups in total. The molecule has 3 nitrogen and oxygen atoms in total.